The number of hydrogen-bond donors (Lipinski definition) is 2. The molecule has 2 N–H and O–H groups in total. The molecule has 2 rings (SSSR count). The summed E-state index contributed by atoms with van der Waals surface area (Å²) in [7, 11) is 0. The molecule has 5 heteroatoms. The maximum Gasteiger partial charge on any atom is 0.267 e. The number of rotatable bonds is 7. The molecule has 25 heavy (non-hydrogen) atoms. The van der Waals surface area contributed by atoms with Crippen molar-refractivity contribution in [3.63, 3.8) is 0 Å². The first kappa shape index (κ1) is 18.4. The van der Waals surface area contributed by atoms with Crippen LogP contribution in [0, 0.1) is 0 Å². The number of benzene rings is 2. The minimum Gasteiger partial charge on any atom is -0.336 e. The predicted octanol–water partition coefficient (Wildman–Crippen LogP) is 3.45. The molecule has 0 aliphatic carbocycles. The number of nitrogens with zero attached hydrogens (tertiary/aromatic N) is 1. The lowest BCUT2D eigenvalue weighted by Crippen LogP contribution is -2.39. The van der Waals surface area contributed by atoms with Crippen LogP contribution in [-0.4, -0.2) is 17.5 Å². The number of amides is 2. The largest absolute Gasteiger partial charge is 0.336 e. The summed E-state index contributed by atoms with van der Waals surface area (Å²) in [5, 5.41) is 6.94. The van der Waals surface area contributed by atoms with Gasteiger partial charge < -0.3 is 5.32 Å². The maximum absolute atomic E-state index is 12.6. The standard InChI is InChI=1S/C20H23N3O2/c1-3-17(4-2)22-23-20(25)18(15-11-7-5-8-12-15)21-19(24)16-13-9-6-10-14-16/h5-14,18H,3-4H2,1-2H3,(H,21,24)(H,23,25)/t18-/m1/s1. The van der Waals surface area contributed by atoms with Gasteiger partial charge in [0, 0.05) is 11.3 Å². The van der Waals surface area contributed by atoms with Gasteiger partial charge in [-0.2, -0.15) is 5.10 Å². The fraction of sp³-hybridized carbons (Fsp3) is 0.250. The van der Waals surface area contributed by atoms with E-state index >= 15 is 0 Å². The number of carbonyl (C=O) groups excluding carboxylic acids is 2. The van der Waals surface area contributed by atoms with Gasteiger partial charge in [0.05, 0.1) is 0 Å². The molecule has 0 aliphatic heterocycles. The molecule has 0 heterocycles. The Bertz CT molecular complexity index is 721. The Hall–Kier alpha value is -2.95. The average Bonchev–Trinajstić information content (AvgIpc) is 2.68. The van der Waals surface area contributed by atoms with Gasteiger partial charge in [0.1, 0.15) is 6.04 Å². The molecule has 5 nitrogen and oxygen atoms in total. The number of nitrogens with one attached hydrogen (secondary N) is 2. The van der Waals surface area contributed by atoms with Gasteiger partial charge in [0.2, 0.25) is 0 Å². The summed E-state index contributed by atoms with van der Waals surface area (Å²) in [6, 6.07) is 17.1. The molecule has 1 atom stereocenters. The molecule has 0 aliphatic rings. The lowest BCUT2D eigenvalue weighted by molar-refractivity contribution is -0.123. The first-order chi connectivity index (χ1) is 12.2. The van der Waals surface area contributed by atoms with Crippen molar-refractivity contribution in [2.45, 2.75) is 32.7 Å². The van der Waals surface area contributed by atoms with Crippen molar-refractivity contribution in [2.24, 2.45) is 5.10 Å². The quantitative estimate of drug-likeness (QED) is 0.600. The van der Waals surface area contributed by atoms with E-state index in [2.05, 4.69) is 15.8 Å². The highest BCUT2D eigenvalue weighted by Crippen LogP contribution is 2.14. The van der Waals surface area contributed by atoms with Gasteiger partial charge in [0.15, 0.2) is 0 Å². The number of carbonyl (C=O) groups is 2. The lowest BCUT2D eigenvalue weighted by Gasteiger charge is -2.18. The van der Waals surface area contributed by atoms with Crippen molar-refractivity contribution in [1.82, 2.24) is 10.7 Å². The second-order valence-electron chi connectivity index (χ2n) is 5.54. The van der Waals surface area contributed by atoms with Crippen LogP contribution in [0.25, 0.3) is 0 Å². The Morgan fingerprint density at radius 3 is 2.04 bits per heavy atom. The lowest BCUT2D eigenvalue weighted by atomic mass is 10.1. The zero-order chi connectivity index (χ0) is 18.1. The van der Waals surface area contributed by atoms with E-state index in [0.717, 1.165) is 18.6 Å². The van der Waals surface area contributed by atoms with Crippen LogP contribution in [0.5, 0.6) is 0 Å². The number of hydrogen-bond acceptors (Lipinski definition) is 3. The van der Waals surface area contributed by atoms with Crippen LogP contribution in [0.1, 0.15) is 48.7 Å². The highest BCUT2D eigenvalue weighted by molar-refractivity contribution is 5.98. The van der Waals surface area contributed by atoms with Crippen LogP contribution in [0.15, 0.2) is 65.8 Å². The molecular formula is C20H23N3O2. The minimum atomic E-state index is -0.812. The Morgan fingerprint density at radius 1 is 0.920 bits per heavy atom. The van der Waals surface area contributed by atoms with E-state index in [1.54, 1.807) is 36.4 Å². The molecule has 0 unspecified atom stereocenters. The summed E-state index contributed by atoms with van der Waals surface area (Å²) in [5.41, 5.74) is 4.68. The zero-order valence-electron chi connectivity index (χ0n) is 14.5. The molecule has 0 saturated heterocycles. The molecule has 130 valence electrons. The first-order valence-corrected chi connectivity index (χ1v) is 8.41. The second kappa shape index (κ2) is 9.37. The van der Waals surface area contributed by atoms with E-state index in [4.69, 9.17) is 0 Å². The van der Waals surface area contributed by atoms with Crippen molar-refractivity contribution in [1.29, 1.82) is 0 Å². The predicted molar refractivity (Wildman–Crippen MR) is 99.3 cm³/mol. The van der Waals surface area contributed by atoms with Gasteiger partial charge in [-0.15, -0.1) is 0 Å². The summed E-state index contributed by atoms with van der Waals surface area (Å²) >= 11 is 0. The molecule has 0 radical (unpaired) electrons. The molecule has 0 fully saturated rings. The van der Waals surface area contributed by atoms with Crippen molar-refractivity contribution in [3.05, 3.63) is 71.8 Å². The summed E-state index contributed by atoms with van der Waals surface area (Å²) < 4.78 is 0. The second-order valence-corrected chi connectivity index (χ2v) is 5.54. The van der Waals surface area contributed by atoms with Gasteiger partial charge in [-0.05, 0) is 30.5 Å². The molecule has 0 spiro atoms. The van der Waals surface area contributed by atoms with E-state index in [0.29, 0.717) is 11.1 Å². The highest BCUT2D eigenvalue weighted by Gasteiger charge is 2.23. The van der Waals surface area contributed by atoms with Gasteiger partial charge in [-0.25, -0.2) is 5.43 Å². The molecule has 0 aromatic heterocycles. The van der Waals surface area contributed by atoms with E-state index < -0.39 is 6.04 Å². The van der Waals surface area contributed by atoms with Crippen LogP contribution in [0.3, 0.4) is 0 Å². The third-order valence-electron chi connectivity index (χ3n) is 3.85. The maximum atomic E-state index is 12.6. The monoisotopic (exact) mass is 337 g/mol. The minimum absolute atomic E-state index is 0.306. The third kappa shape index (κ3) is 5.28. The van der Waals surface area contributed by atoms with Gasteiger partial charge in [0.25, 0.3) is 11.8 Å². The van der Waals surface area contributed by atoms with E-state index in [1.165, 1.54) is 0 Å². The zero-order valence-corrected chi connectivity index (χ0v) is 14.5. The van der Waals surface area contributed by atoms with Crippen molar-refractivity contribution >= 4 is 17.5 Å². The van der Waals surface area contributed by atoms with Gasteiger partial charge >= 0.3 is 0 Å². The van der Waals surface area contributed by atoms with Crippen LogP contribution in [-0.2, 0) is 4.79 Å². The Labute approximate surface area is 148 Å². The summed E-state index contributed by atoms with van der Waals surface area (Å²) in [6.07, 6.45) is 1.53. The fourth-order valence-electron chi connectivity index (χ4n) is 2.36. The van der Waals surface area contributed by atoms with Crippen LogP contribution >= 0.6 is 0 Å². The Kier molecular flexibility index (Phi) is 6.89. The van der Waals surface area contributed by atoms with Crippen molar-refractivity contribution < 1.29 is 9.59 Å². The SMILES string of the molecule is CCC(CC)=NNC(=O)[C@H](NC(=O)c1ccccc1)c1ccccc1. The van der Waals surface area contributed by atoms with Gasteiger partial charge in [-0.3, -0.25) is 9.59 Å². The summed E-state index contributed by atoms with van der Waals surface area (Å²) in [6.45, 7) is 3.97. The number of hydrazone groups is 1. The normalized spacial score (nSPS) is 11.3. The van der Waals surface area contributed by atoms with Crippen LogP contribution < -0.4 is 10.7 Å². The fourth-order valence-corrected chi connectivity index (χ4v) is 2.36. The third-order valence-corrected chi connectivity index (χ3v) is 3.85. The summed E-state index contributed by atoms with van der Waals surface area (Å²) in [4.78, 5) is 25.1. The molecule has 2 amide bonds. The Morgan fingerprint density at radius 2 is 1.48 bits per heavy atom. The van der Waals surface area contributed by atoms with E-state index in [9.17, 15) is 9.59 Å². The van der Waals surface area contributed by atoms with E-state index in [1.807, 2.05) is 38.1 Å². The van der Waals surface area contributed by atoms with Crippen molar-refractivity contribution in [3.8, 4) is 0 Å². The molecule has 0 saturated carbocycles. The average molecular weight is 337 g/mol. The summed E-state index contributed by atoms with van der Waals surface area (Å²) in [5.74, 6) is -0.672. The Balaban J connectivity index is 2.20. The van der Waals surface area contributed by atoms with Gasteiger partial charge in [-0.1, -0.05) is 62.4 Å². The topological polar surface area (TPSA) is 70.6 Å². The highest BCUT2D eigenvalue weighted by atomic mass is 16.2. The molecule has 2 aromatic rings. The smallest absolute Gasteiger partial charge is 0.267 e. The van der Waals surface area contributed by atoms with E-state index in [-0.39, 0.29) is 11.8 Å². The van der Waals surface area contributed by atoms with Crippen LogP contribution in [0.4, 0.5) is 0 Å². The van der Waals surface area contributed by atoms with Crippen LogP contribution in [0.2, 0.25) is 0 Å². The molecular weight excluding hydrogens is 314 g/mol. The molecule has 0 bridgehead atoms. The van der Waals surface area contributed by atoms with Crippen molar-refractivity contribution in [2.75, 3.05) is 0 Å². The first-order valence-electron chi connectivity index (χ1n) is 8.41. The molecule has 2 aromatic carbocycles.